The maximum absolute atomic E-state index is 12.1. The van der Waals surface area contributed by atoms with E-state index in [1.54, 1.807) is 12.2 Å². The number of amides is 2. The standard InChI is InChI=1S/C26H28N2O6/c29-24(28-18-7-5-6-17(14-18)25(30)31)16-33-13-12-27-26(32)34-15-23-21-10-3-1-8-19(21)20-9-2-4-11-22(20)23/h1-5,7-11,17-18,23H,6,12-16H2,(H,27,32)(H,28,29)(H,30,31). The highest BCUT2D eigenvalue weighted by molar-refractivity contribution is 5.79. The number of ether oxygens (including phenoxy) is 2. The number of carbonyl (C=O) groups is 3. The number of hydrogen-bond donors (Lipinski definition) is 3. The van der Waals surface area contributed by atoms with E-state index in [0.29, 0.717) is 12.8 Å². The molecule has 3 N–H and O–H groups in total. The van der Waals surface area contributed by atoms with E-state index in [2.05, 4.69) is 34.9 Å². The number of carboxylic acids is 1. The lowest BCUT2D eigenvalue weighted by molar-refractivity contribution is -0.142. The lowest BCUT2D eigenvalue weighted by atomic mass is 9.91. The lowest BCUT2D eigenvalue weighted by Gasteiger charge is -2.22. The number of benzene rings is 2. The molecule has 2 amide bonds. The molecule has 2 aromatic carbocycles. The Balaban J connectivity index is 1.14. The van der Waals surface area contributed by atoms with Gasteiger partial charge in [-0.1, -0.05) is 60.7 Å². The topological polar surface area (TPSA) is 114 Å². The zero-order chi connectivity index (χ0) is 23.9. The number of allylic oxidation sites excluding steroid dienone is 1. The second-order valence-corrected chi connectivity index (χ2v) is 8.41. The number of alkyl carbamates (subject to hydrolysis) is 1. The first-order valence-corrected chi connectivity index (χ1v) is 11.4. The van der Waals surface area contributed by atoms with Crippen LogP contribution in [-0.2, 0) is 19.1 Å². The van der Waals surface area contributed by atoms with E-state index in [4.69, 9.17) is 14.6 Å². The van der Waals surface area contributed by atoms with Crippen LogP contribution in [0.4, 0.5) is 4.79 Å². The molecule has 0 fully saturated rings. The van der Waals surface area contributed by atoms with E-state index in [9.17, 15) is 14.4 Å². The molecule has 0 bridgehead atoms. The number of hydrogen-bond acceptors (Lipinski definition) is 5. The molecular formula is C26H28N2O6. The molecular weight excluding hydrogens is 436 g/mol. The molecule has 2 aliphatic rings. The van der Waals surface area contributed by atoms with Crippen molar-refractivity contribution in [3.63, 3.8) is 0 Å². The van der Waals surface area contributed by atoms with Gasteiger partial charge in [0, 0.05) is 18.5 Å². The van der Waals surface area contributed by atoms with Gasteiger partial charge in [-0.05, 0) is 35.1 Å². The average molecular weight is 465 g/mol. The fourth-order valence-electron chi connectivity index (χ4n) is 4.49. The van der Waals surface area contributed by atoms with Crippen LogP contribution in [0.1, 0.15) is 29.9 Å². The number of carboxylic acid groups (broad SMARTS) is 1. The number of rotatable bonds is 9. The Kier molecular flexibility index (Phi) is 7.59. The second kappa shape index (κ2) is 11.0. The van der Waals surface area contributed by atoms with Crippen molar-refractivity contribution in [1.82, 2.24) is 10.6 Å². The largest absolute Gasteiger partial charge is 0.481 e. The van der Waals surface area contributed by atoms with Crippen LogP contribution in [0, 0.1) is 5.92 Å². The summed E-state index contributed by atoms with van der Waals surface area (Å²) in [5, 5.41) is 14.5. The smallest absolute Gasteiger partial charge is 0.407 e. The summed E-state index contributed by atoms with van der Waals surface area (Å²) in [6, 6.07) is 15.9. The number of aliphatic carboxylic acids is 1. The summed E-state index contributed by atoms with van der Waals surface area (Å²) >= 11 is 0. The van der Waals surface area contributed by atoms with Crippen LogP contribution in [0.15, 0.2) is 60.7 Å². The molecule has 0 aliphatic heterocycles. The lowest BCUT2D eigenvalue weighted by Crippen LogP contribution is -2.40. The van der Waals surface area contributed by atoms with E-state index in [-0.39, 0.29) is 44.2 Å². The van der Waals surface area contributed by atoms with Gasteiger partial charge in [0.05, 0.1) is 12.5 Å². The summed E-state index contributed by atoms with van der Waals surface area (Å²) in [6.45, 7) is 0.411. The van der Waals surface area contributed by atoms with Crippen LogP contribution in [0.3, 0.4) is 0 Å². The second-order valence-electron chi connectivity index (χ2n) is 8.41. The van der Waals surface area contributed by atoms with E-state index >= 15 is 0 Å². The molecule has 2 aromatic rings. The maximum Gasteiger partial charge on any atom is 0.407 e. The van der Waals surface area contributed by atoms with E-state index in [1.165, 1.54) is 11.1 Å². The first kappa shape index (κ1) is 23.5. The van der Waals surface area contributed by atoms with Gasteiger partial charge < -0.3 is 25.2 Å². The molecule has 0 saturated carbocycles. The SMILES string of the molecule is O=C(COCCNC(=O)OCC1c2ccccc2-c2ccccc21)NC1C=CCC(C(=O)O)C1. The Morgan fingerprint density at radius 1 is 1.00 bits per heavy atom. The minimum Gasteiger partial charge on any atom is -0.481 e. The molecule has 34 heavy (non-hydrogen) atoms. The van der Waals surface area contributed by atoms with Crippen molar-refractivity contribution in [3.05, 3.63) is 71.8 Å². The molecule has 2 atom stereocenters. The molecule has 0 radical (unpaired) electrons. The van der Waals surface area contributed by atoms with E-state index < -0.39 is 18.0 Å². The van der Waals surface area contributed by atoms with Gasteiger partial charge in [-0.25, -0.2) is 4.79 Å². The van der Waals surface area contributed by atoms with Crippen LogP contribution < -0.4 is 10.6 Å². The van der Waals surface area contributed by atoms with Crippen LogP contribution in [0.5, 0.6) is 0 Å². The van der Waals surface area contributed by atoms with Crippen LogP contribution in [-0.4, -0.2) is 55.5 Å². The average Bonchev–Trinajstić information content (AvgIpc) is 3.16. The quantitative estimate of drug-likeness (QED) is 0.388. The van der Waals surface area contributed by atoms with Crippen molar-refractivity contribution in [3.8, 4) is 11.1 Å². The molecule has 0 saturated heterocycles. The Morgan fingerprint density at radius 2 is 1.68 bits per heavy atom. The van der Waals surface area contributed by atoms with Crippen LogP contribution >= 0.6 is 0 Å². The summed E-state index contributed by atoms with van der Waals surface area (Å²) in [5.41, 5.74) is 4.63. The van der Waals surface area contributed by atoms with Crippen LogP contribution in [0.25, 0.3) is 11.1 Å². The molecule has 0 spiro atoms. The van der Waals surface area contributed by atoms with Crippen molar-refractivity contribution < 1.29 is 29.0 Å². The van der Waals surface area contributed by atoms with E-state index in [1.807, 2.05) is 24.3 Å². The predicted molar refractivity (Wildman–Crippen MR) is 125 cm³/mol. The van der Waals surface area contributed by atoms with Crippen molar-refractivity contribution >= 4 is 18.0 Å². The molecule has 2 aliphatic carbocycles. The molecule has 8 heteroatoms. The Bertz CT molecular complexity index is 1040. The fraction of sp³-hybridized carbons (Fsp3) is 0.346. The van der Waals surface area contributed by atoms with Crippen molar-refractivity contribution in [2.45, 2.75) is 24.8 Å². The van der Waals surface area contributed by atoms with Gasteiger partial charge in [0.25, 0.3) is 0 Å². The summed E-state index contributed by atoms with van der Waals surface area (Å²) in [4.78, 5) is 35.3. The zero-order valence-corrected chi connectivity index (χ0v) is 18.7. The highest BCUT2D eigenvalue weighted by Crippen LogP contribution is 2.44. The normalized spacial score (nSPS) is 18.6. The van der Waals surface area contributed by atoms with Crippen LogP contribution in [0.2, 0.25) is 0 Å². The van der Waals surface area contributed by atoms with Gasteiger partial charge in [-0.15, -0.1) is 0 Å². The predicted octanol–water partition coefficient (Wildman–Crippen LogP) is 3.08. The van der Waals surface area contributed by atoms with Crippen molar-refractivity contribution in [2.24, 2.45) is 5.92 Å². The summed E-state index contributed by atoms with van der Waals surface area (Å²) < 4.78 is 10.8. The number of nitrogens with one attached hydrogen (secondary N) is 2. The summed E-state index contributed by atoms with van der Waals surface area (Å²) in [5.74, 6) is -1.69. The number of carbonyl (C=O) groups excluding carboxylic acids is 2. The third kappa shape index (κ3) is 5.63. The molecule has 8 nitrogen and oxygen atoms in total. The van der Waals surface area contributed by atoms with Crippen molar-refractivity contribution in [2.75, 3.05) is 26.4 Å². The van der Waals surface area contributed by atoms with Gasteiger partial charge in [0.2, 0.25) is 5.91 Å². The molecule has 0 aromatic heterocycles. The van der Waals surface area contributed by atoms with Gasteiger partial charge in [0.1, 0.15) is 13.2 Å². The highest BCUT2D eigenvalue weighted by Gasteiger charge is 2.29. The Morgan fingerprint density at radius 3 is 2.35 bits per heavy atom. The summed E-state index contributed by atoms with van der Waals surface area (Å²) in [7, 11) is 0. The van der Waals surface area contributed by atoms with Gasteiger partial charge in [0.15, 0.2) is 0 Å². The van der Waals surface area contributed by atoms with Gasteiger partial charge >= 0.3 is 12.1 Å². The van der Waals surface area contributed by atoms with Gasteiger partial charge in [-0.2, -0.15) is 0 Å². The first-order chi connectivity index (χ1) is 16.5. The third-order valence-corrected chi connectivity index (χ3v) is 6.12. The van der Waals surface area contributed by atoms with Crippen molar-refractivity contribution in [1.29, 1.82) is 0 Å². The minimum atomic E-state index is -0.862. The fourth-order valence-corrected chi connectivity index (χ4v) is 4.49. The molecule has 0 heterocycles. The zero-order valence-electron chi connectivity index (χ0n) is 18.7. The summed E-state index contributed by atoms with van der Waals surface area (Å²) in [6.07, 6.45) is 3.87. The highest BCUT2D eigenvalue weighted by atomic mass is 16.5. The Hall–Kier alpha value is -3.65. The number of fused-ring (bicyclic) bond motifs is 3. The van der Waals surface area contributed by atoms with E-state index in [0.717, 1.165) is 11.1 Å². The minimum absolute atomic E-state index is 0.00680. The Labute approximate surface area is 198 Å². The van der Waals surface area contributed by atoms with Gasteiger partial charge in [-0.3, -0.25) is 9.59 Å². The maximum atomic E-state index is 12.1. The first-order valence-electron chi connectivity index (χ1n) is 11.4. The third-order valence-electron chi connectivity index (χ3n) is 6.12. The molecule has 4 rings (SSSR count). The molecule has 178 valence electrons. The molecule has 2 unspecified atom stereocenters. The monoisotopic (exact) mass is 464 g/mol.